The number of halogens is 2. The maximum absolute atomic E-state index is 13.5. The van der Waals surface area contributed by atoms with E-state index < -0.39 is 11.6 Å². The minimum absolute atomic E-state index is 0.000223. The molecule has 0 radical (unpaired) electrons. The first-order chi connectivity index (χ1) is 9.08. The van der Waals surface area contributed by atoms with E-state index in [2.05, 4.69) is 0 Å². The Morgan fingerprint density at radius 3 is 2.68 bits per heavy atom. The Labute approximate surface area is 115 Å². The Hall–Kier alpha value is -0.940. The van der Waals surface area contributed by atoms with Crippen molar-refractivity contribution >= 4 is 17.5 Å². The lowest BCUT2D eigenvalue weighted by molar-refractivity contribution is -0.124. The lowest BCUT2D eigenvalue weighted by Gasteiger charge is -2.23. The zero-order valence-corrected chi connectivity index (χ0v) is 11.5. The van der Waals surface area contributed by atoms with Gasteiger partial charge in [-0.3, -0.25) is 4.79 Å². The zero-order valence-electron chi connectivity index (χ0n) is 10.7. The van der Waals surface area contributed by atoms with Crippen molar-refractivity contribution in [1.29, 1.82) is 0 Å². The van der Waals surface area contributed by atoms with Gasteiger partial charge in [0.25, 0.3) is 0 Å². The molecule has 1 aromatic rings. The number of thioether (sulfide) groups is 1. The average Bonchev–Trinajstić information content (AvgIpc) is 2.42. The number of benzene rings is 1. The molecule has 0 bridgehead atoms. The van der Waals surface area contributed by atoms with Gasteiger partial charge in [-0.15, -0.1) is 11.8 Å². The zero-order chi connectivity index (χ0) is 13.8. The minimum Gasteiger partial charge on any atom is -0.381 e. The highest BCUT2D eigenvalue weighted by Gasteiger charge is 2.27. The molecule has 1 aliphatic rings. The van der Waals surface area contributed by atoms with E-state index in [9.17, 15) is 13.6 Å². The summed E-state index contributed by atoms with van der Waals surface area (Å²) >= 11 is 1.15. The fraction of sp³-hybridized carbons (Fsp3) is 0.500. The fourth-order valence-corrected chi connectivity index (χ4v) is 3.14. The Balaban J connectivity index is 1.99. The predicted molar refractivity (Wildman–Crippen MR) is 70.2 cm³/mol. The van der Waals surface area contributed by atoms with E-state index in [0.717, 1.165) is 30.7 Å². The fourth-order valence-electron chi connectivity index (χ4n) is 2.13. The van der Waals surface area contributed by atoms with Crippen LogP contribution < -0.4 is 0 Å². The Kier molecular flexibility index (Phi) is 4.93. The van der Waals surface area contributed by atoms with Crippen LogP contribution in [-0.2, 0) is 9.53 Å². The lowest BCUT2D eigenvalue weighted by Crippen LogP contribution is -2.29. The second-order valence-corrected chi connectivity index (χ2v) is 6.01. The van der Waals surface area contributed by atoms with Crippen LogP contribution in [-0.4, -0.2) is 24.2 Å². The standard InChI is InChI=1S/C14H16F2O2S/c1-9(14(17)10-4-6-18-7-5-10)19-13-3-2-11(15)8-12(13)16/h2-3,8-10H,4-7H2,1H3. The van der Waals surface area contributed by atoms with Crippen LogP contribution in [0.5, 0.6) is 0 Å². The largest absolute Gasteiger partial charge is 0.381 e. The summed E-state index contributed by atoms with van der Waals surface area (Å²) in [6.07, 6.45) is 1.46. The maximum atomic E-state index is 13.5. The summed E-state index contributed by atoms with van der Waals surface area (Å²) in [5.41, 5.74) is 0. The third-order valence-electron chi connectivity index (χ3n) is 3.22. The van der Waals surface area contributed by atoms with Crippen molar-refractivity contribution in [2.24, 2.45) is 5.92 Å². The summed E-state index contributed by atoms with van der Waals surface area (Å²) in [5, 5.41) is -0.330. The number of hydrogen-bond acceptors (Lipinski definition) is 3. The molecular formula is C14H16F2O2S. The number of hydrogen-bond donors (Lipinski definition) is 0. The van der Waals surface area contributed by atoms with E-state index in [1.807, 2.05) is 0 Å². The first-order valence-corrected chi connectivity index (χ1v) is 7.19. The number of carbonyl (C=O) groups is 1. The van der Waals surface area contributed by atoms with Crippen LogP contribution >= 0.6 is 11.8 Å². The molecular weight excluding hydrogens is 270 g/mol. The second-order valence-electron chi connectivity index (χ2n) is 4.62. The van der Waals surface area contributed by atoms with Gasteiger partial charge in [-0.25, -0.2) is 8.78 Å². The van der Waals surface area contributed by atoms with Crippen LogP contribution in [0.25, 0.3) is 0 Å². The van der Waals surface area contributed by atoms with Crippen LogP contribution in [0.1, 0.15) is 19.8 Å². The molecule has 5 heteroatoms. The monoisotopic (exact) mass is 286 g/mol. The number of carbonyl (C=O) groups excluding carboxylic acids is 1. The SMILES string of the molecule is CC(Sc1ccc(F)cc1F)C(=O)C1CCOCC1. The molecule has 1 aliphatic heterocycles. The highest BCUT2D eigenvalue weighted by molar-refractivity contribution is 8.00. The highest BCUT2D eigenvalue weighted by Crippen LogP contribution is 2.30. The van der Waals surface area contributed by atoms with Gasteiger partial charge in [0.15, 0.2) is 0 Å². The van der Waals surface area contributed by atoms with Crippen LogP contribution in [0.15, 0.2) is 23.1 Å². The van der Waals surface area contributed by atoms with Gasteiger partial charge in [0.05, 0.1) is 5.25 Å². The molecule has 1 atom stereocenters. The van der Waals surface area contributed by atoms with Gasteiger partial charge < -0.3 is 4.74 Å². The molecule has 2 rings (SSSR count). The number of rotatable bonds is 4. The van der Waals surface area contributed by atoms with Crippen molar-refractivity contribution in [2.75, 3.05) is 13.2 Å². The molecule has 0 N–H and O–H groups in total. The van der Waals surface area contributed by atoms with E-state index in [1.54, 1.807) is 6.92 Å². The molecule has 1 aromatic carbocycles. The van der Waals surface area contributed by atoms with E-state index in [0.29, 0.717) is 18.1 Å². The molecule has 0 amide bonds. The highest BCUT2D eigenvalue weighted by atomic mass is 32.2. The van der Waals surface area contributed by atoms with Crippen LogP contribution in [0.3, 0.4) is 0 Å². The molecule has 1 saturated heterocycles. The summed E-state index contributed by atoms with van der Waals surface area (Å²) in [5.74, 6) is -1.10. The number of ketones is 1. The molecule has 104 valence electrons. The summed E-state index contributed by atoms with van der Waals surface area (Å²) in [6, 6.07) is 3.42. The molecule has 2 nitrogen and oxygen atoms in total. The van der Waals surface area contributed by atoms with Crippen LogP contribution in [0, 0.1) is 17.6 Å². The summed E-state index contributed by atoms with van der Waals surface area (Å²) in [4.78, 5) is 12.5. The van der Waals surface area contributed by atoms with Gasteiger partial charge in [0.1, 0.15) is 17.4 Å². The van der Waals surface area contributed by atoms with Gasteiger partial charge in [-0.2, -0.15) is 0 Å². The maximum Gasteiger partial charge on any atom is 0.149 e. The molecule has 0 spiro atoms. The van der Waals surface area contributed by atoms with Crippen LogP contribution in [0.2, 0.25) is 0 Å². The van der Waals surface area contributed by atoms with Crippen molar-refractivity contribution in [3.8, 4) is 0 Å². The van der Waals surface area contributed by atoms with Crippen molar-refractivity contribution in [3.63, 3.8) is 0 Å². The topological polar surface area (TPSA) is 26.3 Å². The van der Waals surface area contributed by atoms with Crippen molar-refractivity contribution in [3.05, 3.63) is 29.8 Å². The van der Waals surface area contributed by atoms with E-state index >= 15 is 0 Å². The average molecular weight is 286 g/mol. The molecule has 1 heterocycles. The Morgan fingerprint density at radius 2 is 2.05 bits per heavy atom. The van der Waals surface area contributed by atoms with Gasteiger partial charge in [0.2, 0.25) is 0 Å². The molecule has 1 fully saturated rings. The predicted octanol–water partition coefficient (Wildman–Crippen LogP) is 3.44. The molecule has 1 unspecified atom stereocenters. The Bertz CT molecular complexity index is 459. The normalized spacial score (nSPS) is 18.3. The third kappa shape index (κ3) is 3.76. The number of ether oxygens (including phenoxy) is 1. The van der Waals surface area contributed by atoms with Crippen molar-refractivity contribution < 1.29 is 18.3 Å². The first kappa shape index (κ1) is 14.5. The quantitative estimate of drug-likeness (QED) is 0.793. The minimum atomic E-state index is -0.614. The van der Waals surface area contributed by atoms with E-state index in [-0.39, 0.29) is 17.0 Å². The molecule has 0 aromatic heterocycles. The van der Waals surface area contributed by atoms with Crippen molar-refractivity contribution in [2.45, 2.75) is 29.9 Å². The van der Waals surface area contributed by atoms with E-state index in [4.69, 9.17) is 4.74 Å². The Morgan fingerprint density at radius 1 is 1.37 bits per heavy atom. The summed E-state index contributed by atoms with van der Waals surface area (Å²) in [7, 11) is 0. The van der Waals surface area contributed by atoms with Gasteiger partial charge >= 0.3 is 0 Å². The molecule has 0 aliphatic carbocycles. The summed E-state index contributed by atoms with van der Waals surface area (Å²) < 4.78 is 31.5. The molecule has 0 saturated carbocycles. The van der Waals surface area contributed by atoms with E-state index in [1.165, 1.54) is 12.1 Å². The summed E-state index contributed by atoms with van der Waals surface area (Å²) in [6.45, 7) is 2.99. The first-order valence-electron chi connectivity index (χ1n) is 6.31. The number of Topliss-reactive ketones (excluding diaryl/α,β-unsaturated/α-hetero) is 1. The van der Waals surface area contributed by atoms with Gasteiger partial charge in [-0.05, 0) is 31.9 Å². The lowest BCUT2D eigenvalue weighted by atomic mass is 9.94. The smallest absolute Gasteiger partial charge is 0.149 e. The van der Waals surface area contributed by atoms with Crippen molar-refractivity contribution in [1.82, 2.24) is 0 Å². The van der Waals surface area contributed by atoms with Gasteiger partial charge in [-0.1, -0.05) is 0 Å². The molecule has 19 heavy (non-hydrogen) atoms. The van der Waals surface area contributed by atoms with Crippen LogP contribution in [0.4, 0.5) is 8.78 Å². The second kappa shape index (κ2) is 6.48. The van der Waals surface area contributed by atoms with Gasteiger partial charge in [0, 0.05) is 30.1 Å². The third-order valence-corrected chi connectivity index (χ3v) is 4.39.